The van der Waals surface area contributed by atoms with E-state index in [1.807, 2.05) is 49.4 Å². The summed E-state index contributed by atoms with van der Waals surface area (Å²) in [6.45, 7) is 3.15. The number of methoxy groups -OCH3 is 3. The number of benzene rings is 2. The van der Waals surface area contributed by atoms with E-state index in [1.54, 1.807) is 26.2 Å². The Labute approximate surface area is 171 Å². The number of aryl methyl sites for hydroxylation is 1. The van der Waals surface area contributed by atoms with Gasteiger partial charge in [-0.25, -0.2) is 0 Å². The Morgan fingerprint density at radius 1 is 1.00 bits per heavy atom. The van der Waals surface area contributed by atoms with E-state index in [0.29, 0.717) is 42.5 Å². The smallest absolute Gasteiger partial charge is 0.260 e. The zero-order valence-electron chi connectivity index (χ0n) is 17.4. The zero-order chi connectivity index (χ0) is 20.8. The molecule has 0 bridgehead atoms. The van der Waals surface area contributed by atoms with Crippen LogP contribution in [0.5, 0.6) is 23.0 Å². The van der Waals surface area contributed by atoms with Crippen molar-refractivity contribution < 1.29 is 23.7 Å². The van der Waals surface area contributed by atoms with Crippen molar-refractivity contribution in [1.29, 1.82) is 0 Å². The van der Waals surface area contributed by atoms with Crippen molar-refractivity contribution in [3.63, 3.8) is 0 Å². The van der Waals surface area contributed by atoms with Crippen LogP contribution >= 0.6 is 0 Å². The van der Waals surface area contributed by atoms with Crippen molar-refractivity contribution in [3.05, 3.63) is 53.6 Å². The van der Waals surface area contributed by atoms with Crippen LogP contribution in [0.3, 0.4) is 0 Å². The number of hydrogen-bond donors (Lipinski definition) is 0. The SMILES string of the molecule is COc1cc(OC)c(C2=CCN(C(=O)COc3cccc(C)c3)CC2)c(OC)c1. The summed E-state index contributed by atoms with van der Waals surface area (Å²) in [4.78, 5) is 14.3. The molecule has 1 aliphatic heterocycles. The van der Waals surface area contributed by atoms with Gasteiger partial charge in [0.25, 0.3) is 5.91 Å². The number of carbonyl (C=O) groups is 1. The standard InChI is InChI=1S/C23H27NO5/c1-16-6-5-7-18(12-16)29-15-22(25)24-10-8-17(9-11-24)23-20(27-3)13-19(26-2)14-21(23)28-4/h5-8,12-14H,9-11,15H2,1-4H3. The average Bonchev–Trinajstić information content (AvgIpc) is 2.76. The van der Waals surface area contributed by atoms with Crippen LogP contribution in [0.15, 0.2) is 42.5 Å². The van der Waals surface area contributed by atoms with Crippen molar-refractivity contribution in [3.8, 4) is 23.0 Å². The first-order valence-corrected chi connectivity index (χ1v) is 9.52. The Hall–Kier alpha value is -3.15. The largest absolute Gasteiger partial charge is 0.496 e. The maximum absolute atomic E-state index is 12.5. The van der Waals surface area contributed by atoms with Crippen molar-refractivity contribution in [2.75, 3.05) is 41.0 Å². The molecule has 1 aliphatic rings. The van der Waals surface area contributed by atoms with Crippen LogP contribution in [0.2, 0.25) is 0 Å². The second kappa shape index (κ2) is 9.37. The number of amides is 1. The van der Waals surface area contributed by atoms with Gasteiger partial charge in [0.2, 0.25) is 0 Å². The molecule has 0 atom stereocenters. The van der Waals surface area contributed by atoms with Gasteiger partial charge in [0, 0.05) is 25.2 Å². The molecule has 0 N–H and O–H groups in total. The molecule has 29 heavy (non-hydrogen) atoms. The lowest BCUT2D eigenvalue weighted by molar-refractivity contribution is -0.132. The van der Waals surface area contributed by atoms with Gasteiger partial charge in [-0.05, 0) is 36.6 Å². The predicted molar refractivity (Wildman–Crippen MR) is 112 cm³/mol. The molecule has 0 aromatic heterocycles. The van der Waals surface area contributed by atoms with Crippen molar-refractivity contribution in [2.45, 2.75) is 13.3 Å². The van der Waals surface area contributed by atoms with Crippen LogP contribution in [0.4, 0.5) is 0 Å². The normalized spacial score (nSPS) is 13.5. The summed E-state index contributed by atoms with van der Waals surface area (Å²) in [6, 6.07) is 11.4. The monoisotopic (exact) mass is 397 g/mol. The highest BCUT2D eigenvalue weighted by molar-refractivity contribution is 5.81. The molecule has 0 fully saturated rings. The molecule has 0 aliphatic carbocycles. The van der Waals surface area contributed by atoms with E-state index >= 15 is 0 Å². The van der Waals surface area contributed by atoms with E-state index < -0.39 is 0 Å². The van der Waals surface area contributed by atoms with Crippen LogP contribution in [0, 0.1) is 6.92 Å². The third-order valence-electron chi connectivity index (χ3n) is 4.95. The highest BCUT2D eigenvalue weighted by Crippen LogP contribution is 2.40. The van der Waals surface area contributed by atoms with Gasteiger partial charge < -0.3 is 23.8 Å². The topological polar surface area (TPSA) is 57.2 Å². The molecule has 6 nitrogen and oxygen atoms in total. The molecule has 2 aromatic rings. The Kier molecular flexibility index (Phi) is 6.65. The van der Waals surface area contributed by atoms with Crippen molar-refractivity contribution >= 4 is 11.5 Å². The highest BCUT2D eigenvalue weighted by Gasteiger charge is 2.23. The first-order valence-electron chi connectivity index (χ1n) is 9.52. The van der Waals surface area contributed by atoms with Crippen LogP contribution in [-0.4, -0.2) is 51.8 Å². The molecule has 2 aromatic carbocycles. The van der Waals surface area contributed by atoms with Crippen LogP contribution in [0.25, 0.3) is 5.57 Å². The van der Waals surface area contributed by atoms with E-state index in [2.05, 4.69) is 0 Å². The summed E-state index contributed by atoms with van der Waals surface area (Å²) >= 11 is 0. The van der Waals surface area contributed by atoms with E-state index in [0.717, 1.165) is 16.7 Å². The Balaban J connectivity index is 1.69. The van der Waals surface area contributed by atoms with Crippen molar-refractivity contribution in [2.24, 2.45) is 0 Å². The summed E-state index contributed by atoms with van der Waals surface area (Å²) in [6.07, 6.45) is 2.75. The maximum atomic E-state index is 12.5. The number of ether oxygens (including phenoxy) is 4. The zero-order valence-corrected chi connectivity index (χ0v) is 17.4. The maximum Gasteiger partial charge on any atom is 0.260 e. The molecule has 1 heterocycles. The molecule has 3 rings (SSSR count). The Morgan fingerprint density at radius 3 is 2.28 bits per heavy atom. The second-order valence-electron chi connectivity index (χ2n) is 6.83. The molecular formula is C23H27NO5. The molecule has 0 saturated heterocycles. The fourth-order valence-corrected chi connectivity index (χ4v) is 3.39. The third kappa shape index (κ3) is 4.83. The Morgan fingerprint density at radius 2 is 1.72 bits per heavy atom. The number of hydrogen-bond acceptors (Lipinski definition) is 5. The van der Waals surface area contributed by atoms with E-state index in [4.69, 9.17) is 18.9 Å². The van der Waals surface area contributed by atoms with E-state index in [9.17, 15) is 4.79 Å². The predicted octanol–water partition coefficient (Wildman–Crippen LogP) is 3.72. The molecular weight excluding hydrogens is 370 g/mol. The number of nitrogens with zero attached hydrogens (tertiary/aromatic N) is 1. The van der Waals surface area contributed by atoms with E-state index in [-0.39, 0.29) is 12.5 Å². The summed E-state index contributed by atoms with van der Waals surface area (Å²) in [7, 11) is 4.86. The molecule has 6 heteroatoms. The van der Waals surface area contributed by atoms with Gasteiger partial charge in [0.1, 0.15) is 23.0 Å². The lowest BCUT2D eigenvalue weighted by Crippen LogP contribution is -2.37. The Bertz CT molecular complexity index is 881. The lowest BCUT2D eigenvalue weighted by atomic mass is 9.97. The van der Waals surface area contributed by atoms with Crippen molar-refractivity contribution in [1.82, 2.24) is 4.90 Å². The van der Waals surface area contributed by atoms with E-state index in [1.165, 1.54) is 0 Å². The molecule has 0 radical (unpaired) electrons. The fourth-order valence-electron chi connectivity index (χ4n) is 3.39. The second-order valence-corrected chi connectivity index (χ2v) is 6.83. The quantitative estimate of drug-likeness (QED) is 0.713. The minimum atomic E-state index is -0.0320. The third-order valence-corrected chi connectivity index (χ3v) is 4.95. The first-order chi connectivity index (χ1) is 14.0. The molecule has 0 saturated carbocycles. The van der Waals surface area contributed by atoms with Gasteiger partial charge in [0.05, 0.1) is 26.9 Å². The first kappa shape index (κ1) is 20.6. The van der Waals surface area contributed by atoms with Gasteiger partial charge in [-0.15, -0.1) is 0 Å². The molecule has 1 amide bonds. The highest BCUT2D eigenvalue weighted by atomic mass is 16.5. The molecule has 0 spiro atoms. The summed E-state index contributed by atoms with van der Waals surface area (Å²) in [5.41, 5.74) is 3.09. The lowest BCUT2D eigenvalue weighted by Gasteiger charge is -2.28. The summed E-state index contributed by atoms with van der Waals surface area (Å²) in [5.74, 6) is 2.73. The van der Waals surface area contributed by atoms with Gasteiger partial charge in [0.15, 0.2) is 6.61 Å². The van der Waals surface area contributed by atoms with Crippen LogP contribution < -0.4 is 18.9 Å². The average molecular weight is 397 g/mol. The van der Waals surface area contributed by atoms with Gasteiger partial charge in [-0.1, -0.05) is 18.2 Å². The summed E-state index contributed by atoms with van der Waals surface area (Å²) < 4.78 is 22.1. The number of rotatable bonds is 7. The van der Waals surface area contributed by atoms with Gasteiger partial charge in [-0.3, -0.25) is 4.79 Å². The minimum absolute atomic E-state index is 0.0296. The van der Waals surface area contributed by atoms with Gasteiger partial charge in [-0.2, -0.15) is 0 Å². The summed E-state index contributed by atoms with van der Waals surface area (Å²) in [5, 5.41) is 0. The van der Waals surface area contributed by atoms with Crippen LogP contribution in [-0.2, 0) is 4.79 Å². The van der Waals surface area contributed by atoms with Crippen LogP contribution in [0.1, 0.15) is 17.5 Å². The minimum Gasteiger partial charge on any atom is -0.496 e. The van der Waals surface area contributed by atoms with Gasteiger partial charge >= 0.3 is 0 Å². The molecule has 154 valence electrons. The number of carbonyl (C=O) groups excluding carboxylic acids is 1. The fraction of sp³-hybridized carbons (Fsp3) is 0.348. The molecule has 0 unspecified atom stereocenters.